The SMILES string of the molecule is CC(C)N(C)CCCCNS(=O)(=O)c1ccc(Br)c(N)c1. The van der Waals surface area contributed by atoms with Crippen molar-refractivity contribution < 1.29 is 8.42 Å². The molecule has 0 saturated heterocycles. The average Bonchev–Trinajstić information content (AvgIpc) is 2.40. The van der Waals surface area contributed by atoms with Crippen molar-refractivity contribution in [3.63, 3.8) is 0 Å². The van der Waals surface area contributed by atoms with Crippen molar-refractivity contribution in [1.82, 2.24) is 9.62 Å². The van der Waals surface area contributed by atoms with Crippen LogP contribution in [0.2, 0.25) is 0 Å². The highest BCUT2D eigenvalue weighted by molar-refractivity contribution is 9.10. The Morgan fingerprint density at radius 3 is 2.57 bits per heavy atom. The molecule has 7 heteroatoms. The summed E-state index contributed by atoms with van der Waals surface area (Å²) in [7, 11) is -1.41. The van der Waals surface area contributed by atoms with Crippen LogP contribution in [0.15, 0.2) is 27.6 Å². The van der Waals surface area contributed by atoms with E-state index in [9.17, 15) is 8.42 Å². The van der Waals surface area contributed by atoms with Gasteiger partial charge in [0.2, 0.25) is 10.0 Å². The van der Waals surface area contributed by atoms with Gasteiger partial charge in [0.1, 0.15) is 0 Å². The fourth-order valence-corrected chi connectivity index (χ4v) is 3.08. The molecule has 120 valence electrons. The monoisotopic (exact) mass is 377 g/mol. The molecule has 1 rings (SSSR count). The minimum atomic E-state index is -3.48. The Bertz CT molecular complexity index is 561. The van der Waals surface area contributed by atoms with E-state index >= 15 is 0 Å². The van der Waals surface area contributed by atoms with Crippen LogP contribution in [0.5, 0.6) is 0 Å². The van der Waals surface area contributed by atoms with Crippen molar-refractivity contribution in [2.45, 2.75) is 37.6 Å². The molecule has 21 heavy (non-hydrogen) atoms. The molecule has 0 amide bonds. The summed E-state index contributed by atoms with van der Waals surface area (Å²) in [5.41, 5.74) is 6.12. The predicted molar refractivity (Wildman–Crippen MR) is 90.7 cm³/mol. The zero-order valence-electron chi connectivity index (χ0n) is 12.8. The van der Waals surface area contributed by atoms with Crippen molar-refractivity contribution in [3.8, 4) is 0 Å². The minimum Gasteiger partial charge on any atom is -0.398 e. The molecule has 0 fully saturated rings. The normalized spacial score (nSPS) is 12.3. The maximum absolute atomic E-state index is 12.1. The van der Waals surface area contributed by atoms with Gasteiger partial charge in [0.25, 0.3) is 0 Å². The smallest absolute Gasteiger partial charge is 0.240 e. The molecule has 3 N–H and O–H groups in total. The summed E-state index contributed by atoms with van der Waals surface area (Å²) in [6, 6.07) is 5.14. The van der Waals surface area contributed by atoms with Gasteiger partial charge in [0.05, 0.1) is 4.90 Å². The standard InChI is InChI=1S/C14H24BrN3O2S/c1-11(2)18(3)9-5-4-8-17-21(19,20)12-6-7-13(15)14(16)10-12/h6-7,10-11,17H,4-5,8-9,16H2,1-3H3. The Kier molecular flexibility index (Phi) is 7.12. The third-order valence-corrected chi connectivity index (χ3v) is 5.57. The molecule has 0 aliphatic carbocycles. The van der Waals surface area contributed by atoms with Crippen molar-refractivity contribution in [2.75, 3.05) is 25.9 Å². The second-order valence-corrected chi connectivity index (χ2v) is 7.98. The quantitative estimate of drug-likeness (QED) is 0.538. The molecule has 1 aromatic rings. The maximum atomic E-state index is 12.1. The van der Waals surface area contributed by atoms with Crippen LogP contribution >= 0.6 is 15.9 Å². The number of benzene rings is 1. The van der Waals surface area contributed by atoms with Gasteiger partial charge in [-0.25, -0.2) is 13.1 Å². The number of nitrogens with two attached hydrogens (primary N) is 1. The second-order valence-electron chi connectivity index (χ2n) is 5.36. The highest BCUT2D eigenvalue weighted by Gasteiger charge is 2.14. The zero-order valence-corrected chi connectivity index (χ0v) is 15.2. The lowest BCUT2D eigenvalue weighted by Crippen LogP contribution is -2.29. The van der Waals surface area contributed by atoms with E-state index in [4.69, 9.17) is 5.73 Å². The zero-order chi connectivity index (χ0) is 16.0. The Hall–Kier alpha value is -0.630. The number of nitrogens with one attached hydrogen (secondary N) is 1. The van der Waals surface area contributed by atoms with Crippen LogP contribution in [0.4, 0.5) is 5.69 Å². The predicted octanol–water partition coefficient (Wildman–Crippen LogP) is 2.43. The van der Waals surface area contributed by atoms with Crippen molar-refractivity contribution in [3.05, 3.63) is 22.7 Å². The maximum Gasteiger partial charge on any atom is 0.240 e. The molecule has 0 aliphatic rings. The average molecular weight is 378 g/mol. The van der Waals surface area contributed by atoms with Gasteiger partial charge in [0, 0.05) is 22.7 Å². The lowest BCUT2D eigenvalue weighted by molar-refractivity contribution is 0.268. The topological polar surface area (TPSA) is 75.4 Å². The Labute approximate surface area is 136 Å². The van der Waals surface area contributed by atoms with E-state index in [0.29, 0.717) is 22.7 Å². The number of unbranched alkanes of at least 4 members (excludes halogenated alkanes) is 1. The first kappa shape index (κ1) is 18.4. The molecule has 5 nitrogen and oxygen atoms in total. The highest BCUT2D eigenvalue weighted by atomic mass is 79.9. The number of rotatable bonds is 8. The van der Waals surface area contributed by atoms with E-state index < -0.39 is 10.0 Å². The molecular weight excluding hydrogens is 354 g/mol. The highest BCUT2D eigenvalue weighted by Crippen LogP contribution is 2.22. The largest absolute Gasteiger partial charge is 0.398 e. The number of sulfonamides is 1. The first-order valence-corrected chi connectivity index (χ1v) is 9.26. The second kappa shape index (κ2) is 8.12. The Balaban J connectivity index is 2.45. The lowest BCUT2D eigenvalue weighted by atomic mass is 10.2. The summed E-state index contributed by atoms with van der Waals surface area (Å²) >= 11 is 3.25. The van der Waals surface area contributed by atoms with Gasteiger partial charge in [-0.2, -0.15) is 0 Å². The first-order chi connectivity index (χ1) is 9.74. The van der Waals surface area contributed by atoms with Crippen molar-refractivity contribution in [2.24, 2.45) is 0 Å². The minimum absolute atomic E-state index is 0.197. The summed E-state index contributed by atoms with van der Waals surface area (Å²) < 4.78 is 27.5. The van der Waals surface area contributed by atoms with Gasteiger partial charge in [-0.05, 0) is 74.4 Å². The fourth-order valence-electron chi connectivity index (χ4n) is 1.72. The molecule has 0 atom stereocenters. The molecule has 1 aromatic carbocycles. The van der Waals surface area contributed by atoms with Gasteiger partial charge < -0.3 is 10.6 Å². The molecule has 0 aliphatic heterocycles. The molecule has 0 unspecified atom stereocenters. The molecule has 0 heterocycles. The molecular formula is C14H24BrN3O2S. The molecule has 0 aromatic heterocycles. The Morgan fingerprint density at radius 2 is 2.00 bits per heavy atom. The lowest BCUT2D eigenvalue weighted by Gasteiger charge is -2.20. The number of nitrogen functional groups attached to an aromatic ring is 1. The third-order valence-electron chi connectivity index (χ3n) is 3.39. The molecule has 0 radical (unpaired) electrons. The summed E-state index contributed by atoms with van der Waals surface area (Å²) in [6.45, 7) is 5.68. The number of anilines is 1. The summed E-state index contributed by atoms with van der Waals surface area (Å²) in [5, 5.41) is 0. The summed E-state index contributed by atoms with van der Waals surface area (Å²) in [6.07, 6.45) is 1.77. The van der Waals surface area contributed by atoms with Crippen LogP contribution in [0.3, 0.4) is 0 Å². The molecule has 0 bridgehead atoms. The van der Waals surface area contributed by atoms with Crippen LogP contribution in [0, 0.1) is 0 Å². The van der Waals surface area contributed by atoms with Gasteiger partial charge in [-0.1, -0.05) is 0 Å². The van der Waals surface area contributed by atoms with Gasteiger partial charge >= 0.3 is 0 Å². The first-order valence-electron chi connectivity index (χ1n) is 6.99. The van der Waals surface area contributed by atoms with E-state index in [0.717, 1.165) is 19.4 Å². The van der Waals surface area contributed by atoms with Crippen LogP contribution in [-0.4, -0.2) is 39.5 Å². The van der Waals surface area contributed by atoms with E-state index in [2.05, 4.69) is 46.4 Å². The number of hydrogen-bond donors (Lipinski definition) is 2. The van der Waals surface area contributed by atoms with Gasteiger partial charge in [-0.3, -0.25) is 0 Å². The van der Waals surface area contributed by atoms with Crippen molar-refractivity contribution >= 4 is 31.6 Å². The number of nitrogens with zero attached hydrogens (tertiary/aromatic N) is 1. The van der Waals surface area contributed by atoms with Crippen LogP contribution < -0.4 is 10.5 Å². The molecule has 0 spiro atoms. The van der Waals surface area contributed by atoms with Crippen LogP contribution in [0.1, 0.15) is 26.7 Å². The van der Waals surface area contributed by atoms with Crippen molar-refractivity contribution in [1.29, 1.82) is 0 Å². The van der Waals surface area contributed by atoms with E-state index in [1.165, 1.54) is 12.1 Å². The Morgan fingerprint density at radius 1 is 1.33 bits per heavy atom. The van der Waals surface area contributed by atoms with E-state index in [1.807, 2.05) is 0 Å². The van der Waals surface area contributed by atoms with Gasteiger partial charge in [0.15, 0.2) is 0 Å². The number of halogens is 1. The molecule has 0 saturated carbocycles. The van der Waals surface area contributed by atoms with E-state index in [1.54, 1.807) is 6.07 Å². The number of hydrogen-bond acceptors (Lipinski definition) is 4. The summed E-state index contributed by atoms with van der Waals surface area (Å²) in [5.74, 6) is 0. The van der Waals surface area contributed by atoms with Gasteiger partial charge in [-0.15, -0.1) is 0 Å². The fraction of sp³-hybridized carbons (Fsp3) is 0.571. The van der Waals surface area contributed by atoms with Crippen LogP contribution in [-0.2, 0) is 10.0 Å². The summed E-state index contributed by atoms with van der Waals surface area (Å²) in [4.78, 5) is 2.44. The van der Waals surface area contributed by atoms with Crippen LogP contribution in [0.25, 0.3) is 0 Å². The third kappa shape index (κ3) is 5.94. The van der Waals surface area contributed by atoms with E-state index in [-0.39, 0.29) is 4.90 Å².